The summed E-state index contributed by atoms with van der Waals surface area (Å²) in [5.74, 6) is -0.113. The molecule has 2 heterocycles. The number of thiophene rings is 1. The Bertz CT molecular complexity index is 474. The summed E-state index contributed by atoms with van der Waals surface area (Å²) in [7, 11) is 0. The molecular weight excluding hydrogens is 272 g/mol. The van der Waals surface area contributed by atoms with Crippen molar-refractivity contribution in [2.45, 2.75) is 38.9 Å². The van der Waals surface area contributed by atoms with E-state index in [9.17, 15) is 9.59 Å². The van der Waals surface area contributed by atoms with Gasteiger partial charge in [0.2, 0.25) is 11.8 Å². The number of rotatable bonds is 3. The Balaban J connectivity index is 2.20. The molecule has 2 amide bonds. The van der Waals surface area contributed by atoms with Gasteiger partial charge in [-0.2, -0.15) is 0 Å². The van der Waals surface area contributed by atoms with Gasteiger partial charge in [0.15, 0.2) is 0 Å². The number of carbonyl (C=O) groups excluding carboxylic acids is 2. The normalized spacial score (nSPS) is 24.3. The quantitative estimate of drug-likeness (QED) is 0.924. The predicted octanol–water partition coefficient (Wildman–Crippen LogP) is 2.03. The summed E-state index contributed by atoms with van der Waals surface area (Å²) in [5.41, 5.74) is 0. The van der Waals surface area contributed by atoms with Crippen molar-refractivity contribution in [1.29, 1.82) is 0 Å². The van der Waals surface area contributed by atoms with Crippen LogP contribution in [-0.4, -0.2) is 28.8 Å². The highest BCUT2D eigenvalue weighted by Crippen LogP contribution is 2.25. The van der Waals surface area contributed by atoms with Gasteiger partial charge in [0, 0.05) is 4.88 Å². The highest BCUT2D eigenvalue weighted by atomic mass is 35.5. The lowest BCUT2D eigenvalue weighted by atomic mass is 10.1. The average molecular weight is 287 g/mol. The van der Waals surface area contributed by atoms with Gasteiger partial charge < -0.3 is 10.2 Å². The van der Waals surface area contributed by atoms with Gasteiger partial charge in [-0.15, -0.1) is 11.3 Å². The molecule has 98 valence electrons. The molecule has 18 heavy (non-hydrogen) atoms. The predicted molar refractivity (Wildman–Crippen MR) is 71.6 cm³/mol. The summed E-state index contributed by atoms with van der Waals surface area (Å²) in [6.07, 6.45) is 0.614. The second-order valence-corrected chi connectivity index (χ2v) is 6.13. The number of carbonyl (C=O) groups is 2. The first-order valence-corrected chi connectivity index (χ1v) is 7.07. The first-order valence-electron chi connectivity index (χ1n) is 5.88. The minimum atomic E-state index is -0.448. The molecule has 1 aromatic rings. The second kappa shape index (κ2) is 5.28. The fourth-order valence-electron chi connectivity index (χ4n) is 2.11. The highest BCUT2D eigenvalue weighted by molar-refractivity contribution is 7.16. The number of hydrogen-bond acceptors (Lipinski definition) is 3. The van der Waals surface area contributed by atoms with Crippen LogP contribution in [0.3, 0.4) is 0 Å². The third-order valence-corrected chi connectivity index (χ3v) is 4.25. The third-order valence-electron chi connectivity index (χ3n) is 3.03. The van der Waals surface area contributed by atoms with Crippen molar-refractivity contribution < 1.29 is 9.59 Å². The number of halogens is 1. The van der Waals surface area contributed by atoms with Crippen LogP contribution >= 0.6 is 22.9 Å². The maximum atomic E-state index is 12.1. The Labute approximate surface area is 115 Å². The fraction of sp³-hybridized carbons (Fsp3) is 0.500. The fourth-order valence-corrected chi connectivity index (χ4v) is 3.20. The Hall–Kier alpha value is -1.07. The van der Waals surface area contributed by atoms with Crippen LogP contribution in [0.15, 0.2) is 12.1 Å². The zero-order valence-electron chi connectivity index (χ0n) is 10.3. The maximum Gasteiger partial charge on any atom is 0.245 e. The lowest BCUT2D eigenvalue weighted by molar-refractivity contribution is -0.149. The highest BCUT2D eigenvalue weighted by Gasteiger charge is 2.37. The van der Waals surface area contributed by atoms with E-state index >= 15 is 0 Å². The van der Waals surface area contributed by atoms with Crippen molar-refractivity contribution in [3.8, 4) is 0 Å². The van der Waals surface area contributed by atoms with E-state index in [0.717, 1.165) is 4.88 Å². The van der Waals surface area contributed by atoms with Crippen LogP contribution in [0.1, 0.15) is 25.1 Å². The van der Waals surface area contributed by atoms with Gasteiger partial charge in [0.1, 0.15) is 12.1 Å². The Morgan fingerprint density at radius 3 is 2.72 bits per heavy atom. The molecule has 1 aliphatic rings. The molecule has 0 radical (unpaired) electrons. The molecule has 1 N–H and O–H groups in total. The molecule has 1 fully saturated rings. The van der Waals surface area contributed by atoms with Crippen molar-refractivity contribution in [2.24, 2.45) is 0 Å². The van der Waals surface area contributed by atoms with Crippen molar-refractivity contribution in [3.05, 3.63) is 21.3 Å². The smallest absolute Gasteiger partial charge is 0.245 e. The van der Waals surface area contributed by atoms with Gasteiger partial charge in [0.25, 0.3) is 0 Å². The maximum absolute atomic E-state index is 12.1. The van der Waals surface area contributed by atoms with Crippen LogP contribution in [-0.2, 0) is 16.1 Å². The van der Waals surface area contributed by atoms with Crippen molar-refractivity contribution in [2.75, 3.05) is 0 Å². The van der Waals surface area contributed by atoms with Gasteiger partial charge in [0.05, 0.1) is 10.9 Å². The van der Waals surface area contributed by atoms with Crippen LogP contribution in [0, 0.1) is 0 Å². The molecule has 0 saturated carbocycles. The molecule has 0 spiro atoms. The van der Waals surface area contributed by atoms with Gasteiger partial charge in [-0.25, -0.2) is 0 Å². The van der Waals surface area contributed by atoms with Crippen LogP contribution in [0.5, 0.6) is 0 Å². The summed E-state index contributed by atoms with van der Waals surface area (Å²) >= 11 is 7.32. The Kier molecular flexibility index (Phi) is 3.92. The molecule has 0 aromatic carbocycles. The minimum Gasteiger partial charge on any atom is -0.343 e. The summed E-state index contributed by atoms with van der Waals surface area (Å²) in [6.45, 7) is 4.06. The Morgan fingerprint density at radius 2 is 2.17 bits per heavy atom. The minimum absolute atomic E-state index is 0.0361. The van der Waals surface area contributed by atoms with Crippen molar-refractivity contribution >= 4 is 34.8 Å². The van der Waals surface area contributed by atoms with Crippen LogP contribution in [0.4, 0.5) is 0 Å². The zero-order chi connectivity index (χ0) is 13.3. The molecule has 0 aliphatic carbocycles. The monoisotopic (exact) mass is 286 g/mol. The molecule has 2 rings (SSSR count). The molecule has 1 aliphatic heterocycles. The van der Waals surface area contributed by atoms with E-state index in [4.69, 9.17) is 11.6 Å². The van der Waals surface area contributed by atoms with Crippen molar-refractivity contribution in [1.82, 2.24) is 10.2 Å². The lowest BCUT2D eigenvalue weighted by Crippen LogP contribution is -2.61. The topological polar surface area (TPSA) is 49.4 Å². The largest absolute Gasteiger partial charge is 0.343 e. The van der Waals surface area contributed by atoms with E-state index in [1.807, 2.05) is 13.0 Å². The van der Waals surface area contributed by atoms with Gasteiger partial charge >= 0.3 is 0 Å². The van der Waals surface area contributed by atoms with Gasteiger partial charge in [-0.05, 0) is 25.5 Å². The molecular formula is C12H15ClN2O2S. The zero-order valence-corrected chi connectivity index (χ0v) is 11.8. The average Bonchev–Trinajstić information content (AvgIpc) is 2.72. The second-order valence-electron chi connectivity index (χ2n) is 4.33. The summed E-state index contributed by atoms with van der Waals surface area (Å²) in [6, 6.07) is 2.87. The molecule has 6 heteroatoms. The molecule has 1 saturated heterocycles. The van der Waals surface area contributed by atoms with E-state index in [1.54, 1.807) is 17.9 Å². The first-order chi connectivity index (χ1) is 8.52. The molecule has 0 bridgehead atoms. The lowest BCUT2D eigenvalue weighted by Gasteiger charge is -2.37. The summed E-state index contributed by atoms with van der Waals surface area (Å²) in [4.78, 5) is 26.6. The van der Waals surface area contributed by atoms with Crippen LogP contribution < -0.4 is 5.32 Å². The number of hydrogen-bond donors (Lipinski definition) is 1. The van der Waals surface area contributed by atoms with E-state index in [-0.39, 0.29) is 17.9 Å². The molecule has 2 atom stereocenters. The summed E-state index contributed by atoms with van der Waals surface area (Å²) in [5, 5.41) is 2.70. The Morgan fingerprint density at radius 1 is 1.44 bits per heavy atom. The number of nitrogens with one attached hydrogen (secondary N) is 1. The van der Waals surface area contributed by atoms with E-state index in [2.05, 4.69) is 5.32 Å². The van der Waals surface area contributed by atoms with E-state index < -0.39 is 6.04 Å². The third kappa shape index (κ3) is 2.52. The number of nitrogens with zero attached hydrogens (tertiary/aromatic N) is 1. The molecule has 4 nitrogen and oxygen atoms in total. The van der Waals surface area contributed by atoms with Crippen molar-refractivity contribution in [3.63, 3.8) is 0 Å². The first kappa shape index (κ1) is 13.4. The van der Waals surface area contributed by atoms with Crippen LogP contribution in [0.25, 0.3) is 0 Å². The van der Waals surface area contributed by atoms with Gasteiger partial charge in [-0.1, -0.05) is 18.5 Å². The van der Waals surface area contributed by atoms with Crippen LogP contribution in [0.2, 0.25) is 4.34 Å². The van der Waals surface area contributed by atoms with E-state index in [1.165, 1.54) is 11.3 Å². The van der Waals surface area contributed by atoms with E-state index in [0.29, 0.717) is 17.3 Å². The van der Waals surface area contributed by atoms with Gasteiger partial charge in [-0.3, -0.25) is 9.59 Å². The molecule has 2 unspecified atom stereocenters. The number of piperazine rings is 1. The standard InChI is InChI=1S/C12H15ClN2O2S/c1-3-9-11(16)14-7(2)12(17)15(9)6-8-4-5-10(13)18-8/h4-5,7,9H,3,6H2,1-2H3,(H,14,16). The molecule has 1 aromatic heterocycles. The number of amides is 2. The summed E-state index contributed by atoms with van der Waals surface area (Å²) < 4.78 is 0.694. The SMILES string of the molecule is CCC1C(=O)NC(C)C(=O)N1Cc1ccc(Cl)s1.